The molecule has 0 amide bonds. The Kier molecular flexibility index (Phi) is 7.24. The van der Waals surface area contributed by atoms with Gasteiger partial charge in [0.2, 0.25) is 0 Å². The van der Waals surface area contributed by atoms with Gasteiger partial charge in [-0.1, -0.05) is 44.2 Å². The molecule has 0 aliphatic heterocycles. The van der Waals surface area contributed by atoms with Gasteiger partial charge in [0.05, 0.1) is 5.75 Å². The smallest absolute Gasteiger partial charge is 0.147 e. The van der Waals surface area contributed by atoms with Gasteiger partial charge in [-0.3, -0.25) is 0 Å². The van der Waals surface area contributed by atoms with Gasteiger partial charge in [-0.15, -0.1) is 0 Å². The van der Waals surface area contributed by atoms with Crippen LogP contribution in [0.3, 0.4) is 0 Å². The minimum atomic E-state index is -2.88. The molecule has 0 heterocycles. The zero-order valence-corrected chi connectivity index (χ0v) is 13.6. The fraction of sp³-hybridized carbons (Fsp3) is 0.625. The lowest BCUT2D eigenvalue weighted by Gasteiger charge is -2.18. The average molecular weight is 297 g/mol. The van der Waals surface area contributed by atoms with Crippen molar-refractivity contribution in [2.45, 2.75) is 26.7 Å². The zero-order valence-electron chi connectivity index (χ0n) is 12.8. The second kappa shape index (κ2) is 8.42. The summed E-state index contributed by atoms with van der Waals surface area (Å²) in [6.07, 6.45) is 2.97. The molecule has 1 aromatic rings. The first-order valence-electron chi connectivity index (χ1n) is 7.29. The molecular weight excluding hydrogens is 270 g/mol. The van der Waals surface area contributed by atoms with E-state index >= 15 is 0 Å². The maximum Gasteiger partial charge on any atom is 0.147 e. The Labute approximate surface area is 123 Å². The van der Waals surface area contributed by atoms with Crippen molar-refractivity contribution >= 4 is 9.84 Å². The van der Waals surface area contributed by atoms with Gasteiger partial charge in [0, 0.05) is 6.26 Å². The van der Waals surface area contributed by atoms with E-state index in [4.69, 9.17) is 0 Å². The number of hydrogen-bond donors (Lipinski definition) is 1. The van der Waals surface area contributed by atoms with Crippen LogP contribution in [0.1, 0.15) is 25.8 Å². The Morgan fingerprint density at radius 2 is 1.75 bits per heavy atom. The first-order chi connectivity index (χ1) is 9.37. The summed E-state index contributed by atoms with van der Waals surface area (Å²) in [6.45, 7) is 6.21. The third kappa shape index (κ3) is 8.33. The minimum Gasteiger partial charge on any atom is -0.316 e. The standard InChI is InChI=1S/C16H27NO2S/c1-14(2)12-17-13-16(9-10-20(3,18)19)11-15-7-5-4-6-8-15/h4-8,14,16-17H,9-13H2,1-3H3. The van der Waals surface area contributed by atoms with Gasteiger partial charge in [-0.05, 0) is 43.3 Å². The van der Waals surface area contributed by atoms with Gasteiger partial charge in [-0.2, -0.15) is 0 Å². The maximum atomic E-state index is 11.3. The molecule has 1 rings (SSSR count). The van der Waals surface area contributed by atoms with Gasteiger partial charge in [0.1, 0.15) is 9.84 Å². The van der Waals surface area contributed by atoms with Crippen molar-refractivity contribution < 1.29 is 8.42 Å². The molecule has 0 saturated carbocycles. The molecule has 0 bridgehead atoms. The molecule has 1 unspecified atom stereocenters. The van der Waals surface area contributed by atoms with Gasteiger partial charge >= 0.3 is 0 Å². The van der Waals surface area contributed by atoms with Crippen LogP contribution >= 0.6 is 0 Å². The van der Waals surface area contributed by atoms with E-state index in [1.54, 1.807) is 0 Å². The summed E-state index contributed by atoms with van der Waals surface area (Å²) >= 11 is 0. The zero-order chi connectivity index (χ0) is 15.0. The molecule has 0 aliphatic rings. The molecule has 20 heavy (non-hydrogen) atoms. The van der Waals surface area contributed by atoms with Crippen LogP contribution in [0.15, 0.2) is 30.3 Å². The monoisotopic (exact) mass is 297 g/mol. The van der Waals surface area contributed by atoms with Crippen LogP contribution in [0.2, 0.25) is 0 Å². The fourth-order valence-corrected chi connectivity index (χ4v) is 2.94. The fourth-order valence-electron chi connectivity index (χ4n) is 2.18. The normalized spacial score (nSPS) is 13.6. The molecule has 0 aromatic heterocycles. The van der Waals surface area contributed by atoms with E-state index in [0.717, 1.165) is 25.9 Å². The summed E-state index contributed by atoms with van der Waals surface area (Å²) in [5, 5.41) is 3.45. The van der Waals surface area contributed by atoms with Gasteiger partial charge in [0.25, 0.3) is 0 Å². The van der Waals surface area contributed by atoms with Crippen molar-refractivity contribution in [1.29, 1.82) is 0 Å². The lowest BCUT2D eigenvalue weighted by molar-refractivity contribution is 0.437. The molecule has 0 saturated heterocycles. The summed E-state index contributed by atoms with van der Waals surface area (Å²) < 4.78 is 22.7. The predicted octanol–water partition coefficient (Wildman–Crippen LogP) is 2.53. The molecule has 1 atom stereocenters. The average Bonchev–Trinajstić information content (AvgIpc) is 2.35. The molecule has 0 spiro atoms. The summed E-state index contributed by atoms with van der Waals surface area (Å²) in [5.41, 5.74) is 1.28. The highest BCUT2D eigenvalue weighted by Gasteiger charge is 2.13. The molecule has 1 N–H and O–H groups in total. The van der Waals surface area contributed by atoms with Gasteiger partial charge in [0.15, 0.2) is 0 Å². The number of sulfone groups is 1. The molecule has 4 heteroatoms. The van der Waals surface area contributed by atoms with Crippen molar-refractivity contribution in [3.05, 3.63) is 35.9 Å². The molecule has 0 radical (unpaired) electrons. The highest BCUT2D eigenvalue weighted by atomic mass is 32.2. The van der Waals surface area contributed by atoms with Crippen molar-refractivity contribution in [3.8, 4) is 0 Å². The topological polar surface area (TPSA) is 46.2 Å². The van der Waals surface area contributed by atoms with Crippen LogP contribution in [-0.4, -0.2) is 33.5 Å². The van der Waals surface area contributed by atoms with E-state index in [2.05, 4.69) is 31.3 Å². The molecule has 0 aliphatic carbocycles. The van der Waals surface area contributed by atoms with Crippen molar-refractivity contribution in [2.24, 2.45) is 11.8 Å². The Morgan fingerprint density at radius 1 is 1.10 bits per heavy atom. The highest BCUT2D eigenvalue weighted by molar-refractivity contribution is 7.90. The number of benzene rings is 1. The quantitative estimate of drug-likeness (QED) is 0.762. The summed E-state index contributed by atoms with van der Waals surface area (Å²) in [4.78, 5) is 0. The first-order valence-corrected chi connectivity index (χ1v) is 9.35. The van der Waals surface area contributed by atoms with E-state index in [1.165, 1.54) is 11.8 Å². The Balaban J connectivity index is 2.54. The van der Waals surface area contributed by atoms with E-state index < -0.39 is 9.84 Å². The first kappa shape index (κ1) is 17.2. The summed E-state index contributed by atoms with van der Waals surface area (Å²) in [7, 11) is -2.88. The van der Waals surface area contributed by atoms with Gasteiger partial charge in [-0.25, -0.2) is 8.42 Å². The number of hydrogen-bond acceptors (Lipinski definition) is 3. The van der Waals surface area contributed by atoms with E-state index in [0.29, 0.717) is 11.8 Å². The van der Waals surface area contributed by atoms with Crippen LogP contribution in [0.25, 0.3) is 0 Å². The third-order valence-electron chi connectivity index (χ3n) is 3.25. The van der Waals surface area contributed by atoms with Crippen molar-refractivity contribution in [3.63, 3.8) is 0 Å². The third-order valence-corrected chi connectivity index (χ3v) is 4.23. The van der Waals surface area contributed by atoms with Crippen molar-refractivity contribution in [1.82, 2.24) is 5.32 Å². The summed E-state index contributed by atoms with van der Waals surface area (Å²) in [5.74, 6) is 1.25. The molecule has 1 aromatic carbocycles. The van der Waals surface area contributed by atoms with Crippen LogP contribution in [0, 0.1) is 11.8 Å². The van der Waals surface area contributed by atoms with Crippen LogP contribution in [-0.2, 0) is 16.3 Å². The van der Waals surface area contributed by atoms with E-state index in [-0.39, 0.29) is 5.75 Å². The Morgan fingerprint density at radius 3 is 2.30 bits per heavy atom. The van der Waals surface area contributed by atoms with E-state index in [1.807, 2.05) is 18.2 Å². The van der Waals surface area contributed by atoms with Crippen LogP contribution in [0.4, 0.5) is 0 Å². The minimum absolute atomic E-state index is 0.272. The Bertz CT molecular complexity index is 469. The van der Waals surface area contributed by atoms with Gasteiger partial charge < -0.3 is 5.32 Å². The largest absolute Gasteiger partial charge is 0.316 e. The number of nitrogens with one attached hydrogen (secondary N) is 1. The Hall–Kier alpha value is -0.870. The summed E-state index contributed by atoms with van der Waals surface area (Å²) in [6, 6.07) is 10.3. The van der Waals surface area contributed by atoms with Crippen molar-refractivity contribution in [2.75, 3.05) is 25.1 Å². The molecular formula is C16H27NO2S. The molecule has 3 nitrogen and oxygen atoms in total. The SMILES string of the molecule is CC(C)CNCC(CCS(C)(=O)=O)Cc1ccccc1. The lowest BCUT2D eigenvalue weighted by atomic mass is 9.96. The number of rotatable bonds is 9. The lowest BCUT2D eigenvalue weighted by Crippen LogP contribution is -2.28. The second-order valence-electron chi connectivity index (χ2n) is 6.03. The van der Waals surface area contributed by atoms with E-state index in [9.17, 15) is 8.42 Å². The second-order valence-corrected chi connectivity index (χ2v) is 8.29. The van der Waals surface area contributed by atoms with Crippen LogP contribution in [0.5, 0.6) is 0 Å². The highest BCUT2D eigenvalue weighted by Crippen LogP contribution is 2.13. The predicted molar refractivity (Wildman–Crippen MR) is 85.7 cm³/mol. The molecule has 114 valence electrons. The van der Waals surface area contributed by atoms with Crippen LogP contribution < -0.4 is 5.32 Å². The molecule has 0 fully saturated rings. The maximum absolute atomic E-state index is 11.3.